The maximum absolute atomic E-state index is 9.60. The average molecular weight is 327 g/mol. The summed E-state index contributed by atoms with van der Waals surface area (Å²) < 4.78 is 0. The third-order valence-corrected chi connectivity index (χ3v) is 2.00. The summed E-state index contributed by atoms with van der Waals surface area (Å²) in [5.74, 6) is -0.711. The molecule has 0 fully saturated rings. The van der Waals surface area contributed by atoms with E-state index in [1.807, 2.05) is 19.9 Å². The van der Waals surface area contributed by atoms with Crippen LogP contribution in [0.15, 0.2) is 50.1 Å². The second-order valence-corrected chi connectivity index (χ2v) is 4.70. The van der Waals surface area contributed by atoms with Crippen LogP contribution in [0.4, 0.5) is 0 Å². The molecule has 0 heterocycles. The van der Waals surface area contributed by atoms with Crippen molar-refractivity contribution in [2.45, 2.75) is 72.3 Å². The third-order valence-electron chi connectivity index (χ3n) is 2.00. The molecule has 1 atom stereocenters. The average Bonchev–Trinajstić information content (AvgIpc) is 2.47. The lowest BCUT2D eigenvalue weighted by Crippen LogP contribution is -1.90. The number of carboxylic acid groups (broad SMARTS) is 1. The van der Waals surface area contributed by atoms with E-state index in [1.165, 1.54) is 25.7 Å². The van der Waals surface area contributed by atoms with Crippen molar-refractivity contribution in [1.82, 2.24) is 0 Å². The molecule has 0 unspecified atom stereocenters. The molecule has 0 bridgehead atoms. The highest BCUT2D eigenvalue weighted by Crippen LogP contribution is 1.97. The van der Waals surface area contributed by atoms with Crippen molar-refractivity contribution in [2.24, 2.45) is 0 Å². The van der Waals surface area contributed by atoms with Crippen LogP contribution in [-0.2, 0) is 4.79 Å². The normalized spacial score (nSPS) is 9.78. The van der Waals surface area contributed by atoms with E-state index in [0.717, 1.165) is 6.42 Å². The fourth-order valence-electron chi connectivity index (χ4n) is 0.992. The van der Waals surface area contributed by atoms with Crippen LogP contribution in [0.25, 0.3) is 0 Å². The van der Waals surface area contributed by atoms with Gasteiger partial charge in [-0.2, -0.15) is 0 Å². The van der Waals surface area contributed by atoms with Gasteiger partial charge in [0, 0.05) is 6.42 Å². The molecule has 2 N–H and O–H groups in total. The molecule has 0 aliphatic heterocycles. The molecule has 0 saturated heterocycles. The van der Waals surface area contributed by atoms with Crippen LogP contribution >= 0.6 is 0 Å². The number of unbranched alkanes of at least 4 members (excludes halogenated alkanes) is 3. The molecular formula is C20H38O3. The van der Waals surface area contributed by atoms with Gasteiger partial charge in [-0.05, 0) is 33.1 Å². The fraction of sp³-hybridized carbons (Fsp3) is 0.550. The quantitative estimate of drug-likeness (QED) is 0.330. The number of carboxylic acids is 1. The summed E-state index contributed by atoms with van der Waals surface area (Å²) in [7, 11) is 0. The summed E-state index contributed by atoms with van der Waals surface area (Å²) in [5, 5.41) is 16.5. The number of aliphatic hydroxyl groups excluding tert-OH is 1. The zero-order valence-electron chi connectivity index (χ0n) is 15.6. The standard InChI is InChI=1S/C7H14.C6H10O.C4H8O2.C3H6/c1-3-5-7-6-4-2;1-3-4-5-6(2)7;1-2-3-4(5)6;1-3-2/h3H,1,4-7H2,2H3;3-7H,1H2,2H3;2-3H2,1H3,(H,5,6);3H,1H2,2H3/b;5-4+;;/t;6-;;/m.0../s1. The molecule has 0 aromatic heterocycles. The lowest BCUT2D eigenvalue weighted by molar-refractivity contribution is -0.137. The van der Waals surface area contributed by atoms with Gasteiger partial charge in [-0.15, -0.1) is 13.2 Å². The van der Waals surface area contributed by atoms with E-state index < -0.39 is 5.97 Å². The van der Waals surface area contributed by atoms with Crippen molar-refractivity contribution >= 4 is 5.97 Å². The van der Waals surface area contributed by atoms with Crippen LogP contribution in [0.5, 0.6) is 0 Å². The molecule has 0 aromatic carbocycles. The maximum atomic E-state index is 9.60. The summed E-state index contributed by atoms with van der Waals surface area (Å²) in [6.45, 7) is 18.1. The van der Waals surface area contributed by atoms with E-state index in [-0.39, 0.29) is 6.10 Å². The molecule has 3 nitrogen and oxygen atoms in total. The Morgan fingerprint density at radius 1 is 1.13 bits per heavy atom. The second-order valence-electron chi connectivity index (χ2n) is 4.70. The largest absolute Gasteiger partial charge is 0.481 e. The van der Waals surface area contributed by atoms with Crippen LogP contribution in [0.3, 0.4) is 0 Å². The first-order chi connectivity index (χ1) is 10.9. The molecule has 23 heavy (non-hydrogen) atoms. The zero-order chi connectivity index (χ0) is 18.9. The number of carbonyl (C=O) groups is 1. The van der Waals surface area contributed by atoms with Crippen molar-refractivity contribution in [3.8, 4) is 0 Å². The fourth-order valence-corrected chi connectivity index (χ4v) is 0.992. The van der Waals surface area contributed by atoms with Gasteiger partial charge in [0.2, 0.25) is 0 Å². The first kappa shape index (κ1) is 29.4. The lowest BCUT2D eigenvalue weighted by Gasteiger charge is -1.87. The van der Waals surface area contributed by atoms with E-state index in [4.69, 9.17) is 10.2 Å². The molecular weight excluding hydrogens is 288 g/mol. The SMILES string of the molecule is C=C/C=C/[C@H](C)O.C=CC.C=CCCCCC.CCCC(=O)O. The van der Waals surface area contributed by atoms with E-state index in [9.17, 15) is 4.79 Å². The van der Waals surface area contributed by atoms with Crippen molar-refractivity contribution in [3.63, 3.8) is 0 Å². The molecule has 0 aromatic rings. The van der Waals surface area contributed by atoms with Gasteiger partial charge in [-0.25, -0.2) is 0 Å². The van der Waals surface area contributed by atoms with Gasteiger partial charge < -0.3 is 10.2 Å². The molecule has 0 aliphatic rings. The van der Waals surface area contributed by atoms with Crippen LogP contribution < -0.4 is 0 Å². The summed E-state index contributed by atoms with van der Waals surface area (Å²) >= 11 is 0. The monoisotopic (exact) mass is 326 g/mol. The number of allylic oxidation sites excluding steroid dienone is 4. The number of hydrogen-bond donors (Lipinski definition) is 2. The molecule has 0 aliphatic carbocycles. The summed E-state index contributed by atoms with van der Waals surface area (Å²) in [5.41, 5.74) is 0. The van der Waals surface area contributed by atoms with Crippen molar-refractivity contribution in [1.29, 1.82) is 0 Å². The highest BCUT2D eigenvalue weighted by Gasteiger charge is 1.87. The Bertz CT molecular complexity index is 279. The topological polar surface area (TPSA) is 57.5 Å². The Morgan fingerprint density at radius 3 is 1.83 bits per heavy atom. The maximum Gasteiger partial charge on any atom is 0.303 e. The van der Waals surface area contributed by atoms with Crippen LogP contribution in [0, 0.1) is 0 Å². The van der Waals surface area contributed by atoms with Gasteiger partial charge in [0.1, 0.15) is 0 Å². The van der Waals surface area contributed by atoms with Gasteiger partial charge in [0.25, 0.3) is 0 Å². The summed E-state index contributed by atoms with van der Waals surface area (Å²) in [6.07, 6.45) is 14.6. The minimum atomic E-state index is -0.711. The van der Waals surface area contributed by atoms with Gasteiger partial charge in [0.15, 0.2) is 0 Å². The van der Waals surface area contributed by atoms with E-state index in [2.05, 4.69) is 26.7 Å². The predicted octanol–water partition coefficient (Wildman–Crippen LogP) is 5.93. The Morgan fingerprint density at radius 2 is 1.65 bits per heavy atom. The Hall–Kier alpha value is -1.61. The molecule has 0 spiro atoms. The number of rotatable bonds is 8. The van der Waals surface area contributed by atoms with Crippen molar-refractivity contribution in [3.05, 3.63) is 50.1 Å². The first-order valence-corrected chi connectivity index (χ1v) is 8.24. The number of aliphatic carboxylic acids is 1. The van der Waals surface area contributed by atoms with Gasteiger partial charge in [-0.3, -0.25) is 4.79 Å². The van der Waals surface area contributed by atoms with Crippen molar-refractivity contribution in [2.75, 3.05) is 0 Å². The third kappa shape index (κ3) is 78.2. The smallest absolute Gasteiger partial charge is 0.303 e. The molecule has 0 radical (unpaired) electrons. The van der Waals surface area contributed by atoms with Gasteiger partial charge >= 0.3 is 5.97 Å². The highest BCUT2D eigenvalue weighted by atomic mass is 16.4. The molecule has 136 valence electrons. The Balaban J connectivity index is -0.000000109. The van der Waals surface area contributed by atoms with Crippen LogP contribution in [0.1, 0.15) is 66.2 Å². The molecule has 3 heteroatoms. The molecule has 0 saturated carbocycles. The predicted molar refractivity (Wildman–Crippen MR) is 104 cm³/mol. The minimum Gasteiger partial charge on any atom is -0.481 e. The van der Waals surface area contributed by atoms with Gasteiger partial charge in [-0.1, -0.05) is 63.6 Å². The van der Waals surface area contributed by atoms with E-state index in [1.54, 1.807) is 31.2 Å². The van der Waals surface area contributed by atoms with Gasteiger partial charge in [0.05, 0.1) is 6.10 Å². The zero-order valence-corrected chi connectivity index (χ0v) is 15.6. The van der Waals surface area contributed by atoms with E-state index >= 15 is 0 Å². The molecule has 0 rings (SSSR count). The van der Waals surface area contributed by atoms with E-state index in [0.29, 0.717) is 6.42 Å². The van der Waals surface area contributed by atoms with Crippen LogP contribution in [-0.4, -0.2) is 22.3 Å². The number of hydrogen-bond acceptors (Lipinski definition) is 2. The van der Waals surface area contributed by atoms with Crippen LogP contribution in [0.2, 0.25) is 0 Å². The molecule has 0 amide bonds. The first-order valence-electron chi connectivity index (χ1n) is 8.24. The highest BCUT2D eigenvalue weighted by molar-refractivity contribution is 5.66. The number of aliphatic hydroxyl groups is 1. The van der Waals surface area contributed by atoms with Crippen molar-refractivity contribution < 1.29 is 15.0 Å². The lowest BCUT2D eigenvalue weighted by atomic mass is 10.2. The second kappa shape index (κ2) is 32.4. The Kier molecular flexibility index (Phi) is 41.4. The Labute approximate surface area is 144 Å². The summed E-state index contributed by atoms with van der Waals surface area (Å²) in [6, 6.07) is 0. The minimum absolute atomic E-state index is 0.292. The summed E-state index contributed by atoms with van der Waals surface area (Å²) in [4.78, 5) is 9.60.